The summed E-state index contributed by atoms with van der Waals surface area (Å²) in [5, 5.41) is 24.0. The zero-order chi connectivity index (χ0) is 27.6. The standard InChI is InChI=1S/C26H28FN3O7Si/c1-5-26(35)16-9-20-21-14(11-30(20)23(32)15(16)12-37-24(26)33)22(38(2,3)4)13-8-19(17(27)10-18(13)28-21)29-25(34)36-7-6-31/h8-10,31,35H,5-7,11-12H2,1-4H3,(H,29,34)/t26-/m0/s1. The average molecular weight is 542 g/mol. The highest BCUT2D eigenvalue weighted by atomic mass is 28.3. The highest BCUT2D eigenvalue weighted by molar-refractivity contribution is 6.90. The van der Waals surface area contributed by atoms with E-state index in [1.165, 1.54) is 12.1 Å². The van der Waals surface area contributed by atoms with Gasteiger partial charge in [0.15, 0.2) is 5.60 Å². The number of aliphatic hydroxyl groups excluding tert-OH is 1. The molecule has 2 aliphatic rings. The van der Waals surface area contributed by atoms with Gasteiger partial charge in [-0.25, -0.2) is 19.0 Å². The fourth-order valence-corrected chi connectivity index (χ4v) is 7.45. The Morgan fingerprint density at radius 1 is 1.26 bits per heavy atom. The van der Waals surface area contributed by atoms with Gasteiger partial charge in [-0.1, -0.05) is 26.6 Å². The third kappa shape index (κ3) is 3.91. The molecule has 0 bridgehead atoms. The van der Waals surface area contributed by atoms with Crippen LogP contribution in [-0.2, 0) is 33.0 Å². The fourth-order valence-electron chi connectivity index (χ4n) is 5.34. The molecule has 0 spiro atoms. The third-order valence-corrected chi connectivity index (χ3v) is 9.16. The van der Waals surface area contributed by atoms with Gasteiger partial charge in [0, 0.05) is 17.0 Å². The van der Waals surface area contributed by atoms with E-state index in [1.54, 1.807) is 17.6 Å². The van der Waals surface area contributed by atoms with Gasteiger partial charge in [-0.05, 0) is 29.3 Å². The van der Waals surface area contributed by atoms with Gasteiger partial charge in [0.25, 0.3) is 5.56 Å². The van der Waals surface area contributed by atoms with E-state index in [4.69, 9.17) is 19.6 Å². The number of carbonyl (C=O) groups is 2. The zero-order valence-corrected chi connectivity index (χ0v) is 22.5. The van der Waals surface area contributed by atoms with Crippen LogP contribution in [0.25, 0.3) is 22.3 Å². The van der Waals surface area contributed by atoms with E-state index in [0.717, 1.165) is 10.8 Å². The number of halogens is 1. The van der Waals surface area contributed by atoms with E-state index in [-0.39, 0.29) is 55.2 Å². The lowest BCUT2D eigenvalue weighted by molar-refractivity contribution is -0.172. The lowest BCUT2D eigenvalue weighted by Crippen LogP contribution is -2.44. The fraction of sp³-hybridized carbons (Fsp3) is 0.385. The van der Waals surface area contributed by atoms with Gasteiger partial charge in [-0.3, -0.25) is 10.1 Å². The molecule has 2 aromatic heterocycles. The van der Waals surface area contributed by atoms with Crippen molar-refractivity contribution in [2.75, 3.05) is 18.5 Å². The van der Waals surface area contributed by atoms with Crippen LogP contribution in [0.15, 0.2) is 23.0 Å². The summed E-state index contributed by atoms with van der Waals surface area (Å²) in [7, 11) is -2.17. The number of hydrogen-bond donors (Lipinski definition) is 3. The largest absolute Gasteiger partial charge is 0.458 e. The molecule has 0 radical (unpaired) electrons. The Balaban J connectivity index is 1.74. The number of rotatable bonds is 5. The van der Waals surface area contributed by atoms with Gasteiger partial charge in [-0.2, -0.15) is 0 Å². The number of nitrogens with zero attached hydrogens (tertiary/aromatic N) is 2. The van der Waals surface area contributed by atoms with Gasteiger partial charge in [-0.15, -0.1) is 0 Å². The topological polar surface area (TPSA) is 140 Å². The molecular weight excluding hydrogens is 513 g/mol. The van der Waals surface area contributed by atoms with Gasteiger partial charge in [0.2, 0.25) is 0 Å². The Bertz CT molecular complexity index is 1580. The second-order valence-electron chi connectivity index (χ2n) is 10.5. The maximum atomic E-state index is 15.1. The van der Waals surface area contributed by atoms with E-state index >= 15 is 4.39 Å². The molecule has 1 atom stereocenters. The van der Waals surface area contributed by atoms with Crippen molar-refractivity contribution in [2.45, 2.75) is 51.7 Å². The van der Waals surface area contributed by atoms with Crippen molar-refractivity contribution >= 4 is 41.9 Å². The highest BCUT2D eigenvalue weighted by Crippen LogP contribution is 2.39. The Morgan fingerprint density at radius 3 is 2.66 bits per heavy atom. The normalized spacial score (nSPS) is 18.0. The van der Waals surface area contributed by atoms with Crippen molar-refractivity contribution in [3.63, 3.8) is 0 Å². The van der Waals surface area contributed by atoms with Crippen LogP contribution in [0.3, 0.4) is 0 Å². The van der Waals surface area contributed by atoms with Crippen molar-refractivity contribution in [1.82, 2.24) is 9.55 Å². The van der Waals surface area contributed by atoms with Crippen molar-refractivity contribution in [3.8, 4) is 11.4 Å². The number of benzene rings is 1. The molecule has 4 heterocycles. The first-order valence-electron chi connectivity index (χ1n) is 12.3. The molecule has 0 saturated carbocycles. The lowest BCUT2D eigenvalue weighted by Gasteiger charge is -2.31. The maximum Gasteiger partial charge on any atom is 0.411 e. The number of hydrogen-bond acceptors (Lipinski definition) is 8. The van der Waals surface area contributed by atoms with Crippen LogP contribution in [0.2, 0.25) is 19.6 Å². The molecule has 12 heteroatoms. The predicted octanol–water partition coefficient (Wildman–Crippen LogP) is 2.30. The second-order valence-corrected chi connectivity index (χ2v) is 15.5. The number of aliphatic hydroxyl groups is 2. The number of cyclic esters (lactones) is 1. The lowest BCUT2D eigenvalue weighted by atomic mass is 9.86. The van der Waals surface area contributed by atoms with E-state index < -0.39 is 31.6 Å². The molecule has 1 amide bonds. The molecule has 5 rings (SSSR count). The monoisotopic (exact) mass is 541 g/mol. The van der Waals surface area contributed by atoms with Crippen LogP contribution in [0.5, 0.6) is 0 Å². The summed E-state index contributed by atoms with van der Waals surface area (Å²) in [5.41, 5.74) is 0.125. The number of ether oxygens (including phenoxy) is 2. The number of aromatic nitrogens is 2. The first-order chi connectivity index (χ1) is 17.9. The van der Waals surface area contributed by atoms with Crippen LogP contribution < -0.4 is 16.1 Å². The van der Waals surface area contributed by atoms with Crippen LogP contribution in [0, 0.1) is 5.82 Å². The van der Waals surface area contributed by atoms with Gasteiger partial charge in [0.1, 0.15) is 19.0 Å². The number of nitrogens with one attached hydrogen (secondary N) is 1. The Labute approximate surface area is 218 Å². The number of fused-ring (bicyclic) bond motifs is 5. The van der Waals surface area contributed by atoms with E-state index in [2.05, 4.69) is 25.0 Å². The minimum atomic E-state index is -2.17. The first-order valence-corrected chi connectivity index (χ1v) is 15.8. The Hall–Kier alpha value is -3.61. The van der Waals surface area contributed by atoms with Crippen molar-refractivity contribution in [1.29, 1.82) is 0 Å². The summed E-state index contributed by atoms with van der Waals surface area (Å²) in [6.07, 6.45) is -0.868. The summed E-state index contributed by atoms with van der Waals surface area (Å²) < 4.78 is 26.6. The molecule has 0 saturated heterocycles. The predicted molar refractivity (Wildman–Crippen MR) is 140 cm³/mol. The van der Waals surface area contributed by atoms with Gasteiger partial charge < -0.3 is 24.3 Å². The SMILES string of the molecule is CC[C@@]1(O)C(=O)OCc2c1cc1n(c2=O)Cc2c-1nc1cc(F)c(NC(=O)OCCO)cc1c2[Si](C)(C)C. The van der Waals surface area contributed by atoms with Gasteiger partial charge >= 0.3 is 12.1 Å². The number of esters is 1. The van der Waals surface area contributed by atoms with Crippen molar-refractivity contribution in [2.24, 2.45) is 0 Å². The van der Waals surface area contributed by atoms with Crippen LogP contribution in [-0.4, -0.2) is 53.1 Å². The molecule has 1 aromatic carbocycles. The first kappa shape index (κ1) is 26.0. The minimum absolute atomic E-state index is 0.0294. The molecule has 2 aliphatic heterocycles. The van der Waals surface area contributed by atoms with Crippen molar-refractivity contribution < 1.29 is 33.7 Å². The number of anilines is 1. The summed E-state index contributed by atoms with van der Waals surface area (Å²) in [4.78, 5) is 42.8. The molecule has 3 N–H and O–H groups in total. The number of pyridine rings is 2. The number of carbonyl (C=O) groups excluding carboxylic acids is 2. The molecule has 38 heavy (non-hydrogen) atoms. The Morgan fingerprint density at radius 2 is 2.00 bits per heavy atom. The van der Waals surface area contributed by atoms with Crippen LogP contribution >= 0.6 is 0 Å². The molecular formula is C26H28FN3O7Si. The second kappa shape index (κ2) is 9.00. The zero-order valence-electron chi connectivity index (χ0n) is 21.5. The number of amides is 1. The van der Waals surface area contributed by atoms with E-state index in [9.17, 15) is 19.5 Å². The molecule has 3 aromatic rings. The average Bonchev–Trinajstić information content (AvgIpc) is 3.22. The van der Waals surface area contributed by atoms with E-state index in [1.807, 2.05) is 0 Å². The summed E-state index contributed by atoms with van der Waals surface area (Å²) in [6, 6.07) is 4.37. The van der Waals surface area contributed by atoms with Crippen molar-refractivity contribution in [3.05, 3.63) is 51.1 Å². The summed E-state index contributed by atoms with van der Waals surface area (Å²) in [5.74, 6) is -1.53. The van der Waals surface area contributed by atoms with E-state index in [0.29, 0.717) is 22.3 Å². The molecule has 10 nitrogen and oxygen atoms in total. The maximum absolute atomic E-state index is 15.1. The molecule has 200 valence electrons. The quantitative estimate of drug-likeness (QED) is 0.258. The van der Waals surface area contributed by atoms with Crippen LogP contribution in [0.1, 0.15) is 30.0 Å². The third-order valence-electron chi connectivity index (χ3n) is 7.09. The smallest absolute Gasteiger partial charge is 0.411 e. The minimum Gasteiger partial charge on any atom is -0.458 e. The molecule has 0 aliphatic carbocycles. The Kier molecular flexibility index (Phi) is 6.16. The summed E-state index contributed by atoms with van der Waals surface area (Å²) in [6.45, 7) is 7.40. The van der Waals surface area contributed by atoms with Crippen LogP contribution in [0.4, 0.5) is 14.9 Å². The highest BCUT2D eigenvalue weighted by Gasteiger charge is 2.45. The van der Waals surface area contributed by atoms with Gasteiger partial charge in [0.05, 0.1) is 49.4 Å². The summed E-state index contributed by atoms with van der Waals surface area (Å²) >= 11 is 0. The molecule has 0 fully saturated rings. The molecule has 0 unspecified atom stereocenters.